The first-order valence-electron chi connectivity index (χ1n) is 6.21. The zero-order valence-electron chi connectivity index (χ0n) is 11.0. The minimum atomic E-state index is -0.469. The van der Waals surface area contributed by atoms with Crippen LogP contribution in [0.5, 0.6) is 0 Å². The fraction of sp³-hybridized carbons (Fsp3) is 0.333. The van der Waals surface area contributed by atoms with Gasteiger partial charge in [-0.1, -0.05) is 24.8 Å². The molecule has 0 aliphatic carbocycles. The molecule has 0 aliphatic heterocycles. The summed E-state index contributed by atoms with van der Waals surface area (Å²) in [5.41, 5.74) is 0.719. The second-order valence-electron chi connectivity index (χ2n) is 4.00. The number of aromatic nitrogens is 3. The molecule has 0 fully saturated rings. The molecule has 2 aromatic rings. The van der Waals surface area contributed by atoms with Gasteiger partial charge in [-0.05, 0) is 18.6 Å². The number of hydrogen-bond donors (Lipinski definition) is 2. The average Bonchev–Trinajstić information content (AvgIpc) is 2.86. The van der Waals surface area contributed by atoms with Crippen molar-refractivity contribution >= 4 is 29.3 Å². The summed E-state index contributed by atoms with van der Waals surface area (Å²) >= 11 is 1.23. The summed E-state index contributed by atoms with van der Waals surface area (Å²) in [7, 11) is 0. The second-order valence-corrected chi connectivity index (χ2v) is 4.95. The Morgan fingerprint density at radius 1 is 1.35 bits per heavy atom. The van der Waals surface area contributed by atoms with Crippen molar-refractivity contribution in [1.29, 1.82) is 0 Å². The van der Waals surface area contributed by atoms with Crippen molar-refractivity contribution in [3.05, 3.63) is 24.4 Å². The SMILES string of the molecule is CCCNC(=O)NC(=O)CSc1nnc2ccccn12. The van der Waals surface area contributed by atoms with Crippen molar-refractivity contribution < 1.29 is 9.59 Å². The molecule has 0 saturated heterocycles. The maximum Gasteiger partial charge on any atom is 0.321 e. The standard InChI is InChI=1S/C12H15N5O2S/c1-2-6-13-11(19)14-10(18)8-20-12-16-15-9-5-3-4-7-17(9)12/h3-5,7H,2,6,8H2,1H3,(H2,13,14,18,19). The molecule has 2 N–H and O–H groups in total. The van der Waals surface area contributed by atoms with Gasteiger partial charge in [0.25, 0.3) is 0 Å². The Balaban J connectivity index is 1.86. The number of rotatable bonds is 5. The lowest BCUT2D eigenvalue weighted by Crippen LogP contribution is -2.40. The molecule has 106 valence electrons. The quantitative estimate of drug-likeness (QED) is 0.805. The van der Waals surface area contributed by atoms with Gasteiger partial charge >= 0.3 is 6.03 Å². The summed E-state index contributed by atoms with van der Waals surface area (Å²) in [6, 6.07) is 5.08. The van der Waals surface area contributed by atoms with Gasteiger partial charge in [-0.15, -0.1) is 10.2 Å². The third-order valence-electron chi connectivity index (χ3n) is 2.40. The van der Waals surface area contributed by atoms with Gasteiger partial charge in [0.05, 0.1) is 5.75 Å². The zero-order chi connectivity index (χ0) is 14.4. The number of thioether (sulfide) groups is 1. The lowest BCUT2D eigenvalue weighted by Gasteiger charge is -2.04. The number of amides is 3. The zero-order valence-corrected chi connectivity index (χ0v) is 11.8. The highest BCUT2D eigenvalue weighted by Crippen LogP contribution is 2.15. The molecule has 0 saturated carbocycles. The van der Waals surface area contributed by atoms with Crippen LogP contribution in [-0.2, 0) is 4.79 Å². The van der Waals surface area contributed by atoms with Gasteiger partial charge in [0.2, 0.25) is 5.91 Å². The largest absolute Gasteiger partial charge is 0.338 e. The predicted octanol–water partition coefficient (Wildman–Crippen LogP) is 1.06. The highest BCUT2D eigenvalue weighted by molar-refractivity contribution is 7.99. The molecule has 3 amide bonds. The molecule has 20 heavy (non-hydrogen) atoms. The molecule has 0 aliphatic rings. The molecule has 0 radical (unpaired) electrons. The number of pyridine rings is 1. The van der Waals surface area contributed by atoms with Gasteiger partial charge in [0.1, 0.15) is 0 Å². The van der Waals surface area contributed by atoms with Crippen LogP contribution in [0.1, 0.15) is 13.3 Å². The van der Waals surface area contributed by atoms with Crippen molar-refractivity contribution in [3.63, 3.8) is 0 Å². The van der Waals surface area contributed by atoms with E-state index in [1.165, 1.54) is 11.8 Å². The fourth-order valence-electron chi connectivity index (χ4n) is 1.49. The van der Waals surface area contributed by atoms with E-state index in [0.29, 0.717) is 11.7 Å². The molecular weight excluding hydrogens is 278 g/mol. The Kier molecular flexibility index (Phi) is 4.94. The molecule has 0 aromatic carbocycles. The van der Waals surface area contributed by atoms with Crippen molar-refractivity contribution in [1.82, 2.24) is 25.2 Å². The van der Waals surface area contributed by atoms with Crippen LogP contribution >= 0.6 is 11.8 Å². The Bertz CT molecular complexity index is 613. The molecular formula is C12H15N5O2S. The number of carbonyl (C=O) groups excluding carboxylic acids is 2. The maximum absolute atomic E-state index is 11.6. The number of nitrogens with one attached hydrogen (secondary N) is 2. The van der Waals surface area contributed by atoms with Gasteiger partial charge in [-0.25, -0.2) is 4.79 Å². The van der Waals surface area contributed by atoms with Crippen LogP contribution in [0, 0.1) is 0 Å². The molecule has 2 heterocycles. The van der Waals surface area contributed by atoms with Crippen LogP contribution in [0.4, 0.5) is 4.79 Å². The van der Waals surface area contributed by atoms with Gasteiger partial charge in [-0.2, -0.15) is 0 Å². The highest BCUT2D eigenvalue weighted by Gasteiger charge is 2.10. The lowest BCUT2D eigenvalue weighted by atomic mass is 10.5. The maximum atomic E-state index is 11.6. The van der Waals surface area contributed by atoms with E-state index >= 15 is 0 Å². The molecule has 8 heteroatoms. The third-order valence-corrected chi connectivity index (χ3v) is 3.35. The first kappa shape index (κ1) is 14.3. The Hall–Kier alpha value is -2.09. The lowest BCUT2D eigenvalue weighted by molar-refractivity contribution is -0.117. The number of hydrogen-bond acceptors (Lipinski definition) is 5. The number of imide groups is 1. The predicted molar refractivity (Wildman–Crippen MR) is 75.5 cm³/mol. The summed E-state index contributed by atoms with van der Waals surface area (Å²) in [5.74, 6) is -0.258. The summed E-state index contributed by atoms with van der Waals surface area (Å²) in [4.78, 5) is 22.9. The van der Waals surface area contributed by atoms with Crippen LogP contribution in [-0.4, -0.2) is 38.8 Å². The van der Waals surface area contributed by atoms with Crippen molar-refractivity contribution in [2.75, 3.05) is 12.3 Å². The van der Waals surface area contributed by atoms with Crippen molar-refractivity contribution in [2.45, 2.75) is 18.5 Å². The second kappa shape index (κ2) is 6.90. The minimum Gasteiger partial charge on any atom is -0.338 e. The van der Waals surface area contributed by atoms with E-state index in [9.17, 15) is 9.59 Å². The Labute approximate surface area is 120 Å². The van der Waals surface area contributed by atoms with Gasteiger partial charge < -0.3 is 5.32 Å². The van der Waals surface area contributed by atoms with Crippen molar-refractivity contribution in [3.8, 4) is 0 Å². The molecule has 0 bridgehead atoms. The minimum absolute atomic E-state index is 0.106. The van der Waals surface area contributed by atoms with Crippen LogP contribution in [0.15, 0.2) is 29.6 Å². The molecule has 0 unspecified atom stereocenters. The fourth-order valence-corrected chi connectivity index (χ4v) is 2.22. The summed E-state index contributed by atoms with van der Waals surface area (Å²) in [6.07, 6.45) is 2.64. The first-order chi connectivity index (χ1) is 9.70. The van der Waals surface area contributed by atoms with Crippen LogP contribution in [0.25, 0.3) is 5.65 Å². The van der Waals surface area contributed by atoms with Crippen LogP contribution in [0.3, 0.4) is 0 Å². The van der Waals surface area contributed by atoms with E-state index in [4.69, 9.17) is 0 Å². The average molecular weight is 293 g/mol. The molecule has 2 aromatic heterocycles. The van der Waals surface area contributed by atoms with E-state index in [1.54, 1.807) is 4.40 Å². The van der Waals surface area contributed by atoms with E-state index in [2.05, 4.69) is 20.8 Å². The van der Waals surface area contributed by atoms with Crippen LogP contribution < -0.4 is 10.6 Å². The summed E-state index contributed by atoms with van der Waals surface area (Å²) < 4.78 is 1.79. The Morgan fingerprint density at radius 3 is 3.00 bits per heavy atom. The van der Waals surface area contributed by atoms with Crippen molar-refractivity contribution in [2.24, 2.45) is 0 Å². The summed E-state index contributed by atoms with van der Waals surface area (Å²) in [6.45, 7) is 2.48. The van der Waals surface area contributed by atoms with E-state index in [0.717, 1.165) is 12.1 Å². The van der Waals surface area contributed by atoms with Gasteiger partial charge in [-0.3, -0.25) is 14.5 Å². The number of nitrogens with zero attached hydrogens (tertiary/aromatic N) is 3. The number of carbonyl (C=O) groups is 2. The third kappa shape index (κ3) is 3.70. The molecule has 7 nitrogen and oxygen atoms in total. The highest BCUT2D eigenvalue weighted by atomic mass is 32.2. The van der Waals surface area contributed by atoms with Crippen LogP contribution in [0.2, 0.25) is 0 Å². The first-order valence-corrected chi connectivity index (χ1v) is 7.19. The molecule has 0 atom stereocenters. The van der Waals surface area contributed by atoms with Gasteiger partial charge in [0, 0.05) is 12.7 Å². The van der Waals surface area contributed by atoms with Gasteiger partial charge in [0.15, 0.2) is 10.8 Å². The number of fused-ring (bicyclic) bond motifs is 1. The topological polar surface area (TPSA) is 88.4 Å². The monoisotopic (exact) mass is 293 g/mol. The van der Waals surface area contributed by atoms with E-state index in [-0.39, 0.29) is 11.7 Å². The summed E-state index contributed by atoms with van der Waals surface area (Å²) in [5, 5.41) is 13.4. The molecule has 2 rings (SSSR count). The normalized spacial score (nSPS) is 10.4. The van der Waals surface area contributed by atoms with E-state index in [1.807, 2.05) is 31.3 Å². The number of urea groups is 1. The smallest absolute Gasteiger partial charge is 0.321 e. The Morgan fingerprint density at radius 2 is 2.20 bits per heavy atom. The molecule has 0 spiro atoms. The van der Waals surface area contributed by atoms with E-state index < -0.39 is 6.03 Å².